The number of ether oxygens (including phenoxy) is 1. The van der Waals surface area contributed by atoms with E-state index in [1.807, 2.05) is 24.3 Å². The molecule has 4 aromatic rings. The van der Waals surface area contributed by atoms with E-state index in [9.17, 15) is 9.59 Å². The smallest absolute Gasteiger partial charge is 0.340 e. The summed E-state index contributed by atoms with van der Waals surface area (Å²) >= 11 is 1.59. The Labute approximate surface area is 158 Å². The van der Waals surface area contributed by atoms with Crippen molar-refractivity contribution in [1.82, 2.24) is 15.0 Å². The molecule has 3 aromatic heterocycles. The number of carbonyl (C=O) groups excluding carboxylic acids is 1. The van der Waals surface area contributed by atoms with Gasteiger partial charge < -0.3 is 14.7 Å². The Morgan fingerprint density at radius 2 is 2.07 bits per heavy atom. The van der Waals surface area contributed by atoms with Crippen LogP contribution in [0.1, 0.15) is 39.5 Å². The molecule has 0 saturated carbocycles. The van der Waals surface area contributed by atoms with Crippen molar-refractivity contribution in [2.45, 2.75) is 32.3 Å². The molecule has 27 heavy (non-hydrogen) atoms. The second-order valence-electron chi connectivity index (χ2n) is 6.73. The van der Waals surface area contributed by atoms with E-state index in [2.05, 4.69) is 15.0 Å². The lowest BCUT2D eigenvalue weighted by Crippen LogP contribution is -2.15. The van der Waals surface area contributed by atoms with Crippen LogP contribution in [0.15, 0.2) is 35.3 Å². The van der Waals surface area contributed by atoms with Crippen LogP contribution in [0.5, 0.6) is 0 Å². The molecule has 136 valence electrons. The van der Waals surface area contributed by atoms with Crippen LogP contribution in [-0.4, -0.2) is 20.9 Å². The molecule has 6 nitrogen and oxygen atoms in total. The summed E-state index contributed by atoms with van der Waals surface area (Å²) in [5.74, 6) is -0.0695. The third kappa shape index (κ3) is 2.75. The van der Waals surface area contributed by atoms with E-state index in [0.29, 0.717) is 16.8 Å². The molecule has 0 bridgehead atoms. The number of esters is 1. The number of rotatable bonds is 3. The van der Waals surface area contributed by atoms with Crippen LogP contribution in [-0.2, 0) is 24.2 Å². The zero-order valence-electron chi connectivity index (χ0n) is 14.5. The van der Waals surface area contributed by atoms with Crippen molar-refractivity contribution in [3.05, 3.63) is 62.6 Å². The summed E-state index contributed by atoms with van der Waals surface area (Å²) in [4.78, 5) is 37.4. The van der Waals surface area contributed by atoms with Crippen molar-refractivity contribution in [3.63, 3.8) is 0 Å². The van der Waals surface area contributed by atoms with Crippen LogP contribution >= 0.6 is 11.3 Å². The fourth-order valence-corrected chi connectivity index (χ4v) is 5.01. The molecular formula is C20H17N3O3S. The number of hydrogen-bond donors (Lipinski definition) is 2. The van der Waals surface area contributed by atoms with Crippen molar-refractivity contribution >= 4 is 38.4 Å². The standard InChI is InChI=1S/C20H17N3O3S/c24-18-17-12-6-2-4-8-15(12)27-19(17)23-16(22-18)10-26-20(25)13-9-21-14-7-3-1-5-11(13)14/h1,3,5,7,9,21H,2,4,6,8,10H2,(H,22,23,24). The lowest BCUT2D eigenvalue weighted by atomic mass is 9.97. The molecule has 1 aromatic carbocycles. The van der Waals surface area contributed by atoms with Crippen molar-refractivity contribution in [1.29, 1.82) is 0 Å². The third-order valence-electron chi connectivity index (χ3n) is 5.02. The van der Waals surface area contributed by atoms with Gasteiger partial charge in [0.25, 0.3) is 5.56 Å². The fraction of sp³-hybridized carbons (Fsp3) is 0.250. The molecule has 3 heterocycles. The summed E-state index contributed by atoms with van der Waals surface area (Å²) in [7, 11) is 0. The van der Waals surface area contributed by atoms with Crippen LogP contribution in [0.2, 0.25) is 0 Å². The van der Waals surface area contributed by atoms with Gasteiger partial charge in [0, 0.05) is 22.0 Å². The second kappa shape index (κ2) is 6.35. The molecule has 0 spiro atoms. The summed E-state index contributed by atoms with van der Waals surface area (Å²) in [5.41, 5.74) is 2.36. The maximum Gasteiger partial charge on any atom is 0.340 e. The lowest BCUT2D eigenvalue weighted by Gasteiger charge is -2.09. The van der Waals surface area contributed by atoms with E-state index in [4.69, 9.17) is 4.74 Å². The van der Waals surface area contributed by atoms with Gasteiger partial charge in [-0.15, -0.1) is 11.3 Å². The first-order chi connectivity index (χ1) is 13.2. The Balaban J connectivity index is 1.41. The molecule has 1 aliphatic carbocycles. The van der Waals surface area contributed by atoms with Crippen molar-refractivity contribution in [2.75, 3.05) is 0 Å². The highest BCUT2D eigenvalue weighted by Gasteiger charge is 2.20. The van der Waals surface area contributed by atoms with E-state index in [-0.39, 0.29) is 12.2 Å². The number of para-hydroxylation sites is 1. The molecule has 1 aliphatic rings. The summed E-state index contributed by atoms with van der Waals surface area (Å²) in [5, 5.41) is 1.52. The maximum atomic E-state index is 12.5. The number of aryl methyl sites for hydroxylation is 2. The topological polar surface area (TPSA) is 87.8 Å². The van der Waals surface area contributed by atoms with Crippen LogP contribution in [0.25, 0.3) is 21.1 Å². The zero-order chi connectivity index (χ0) is 18.4. The van der Waals surface area contributed by atoms with E-state index in [1.165, 1.54) is 4.88 Å². The van der Waals surface area contributed by atoms with Gasteiger partial charge in [-0.3, -0.25) is 4.79 Å². The molecule has 0 amide bonds. The lowest BCUT2D eigenvalue weighted by molar-refractivity contribution is 0.0465. The number of thiophene rings is 1. The Kier molecular flexibility index (Phi) is 3.82. The molecule has 5 rings (SSSR count). The summed E-state index contributed by atoms with van der Waals surface area (Å²) in [6.07, 6.45) is 5.87. The minimum atomic E-state index is -0.444. The van der Waals surface area contributed by atoms with Crippen LogP contribution in [0.4, 0.5) is 0 Å². The van der Waals surface area contributed by atoms with Gasteiger partial charge in [0.15, 0.2) is 0 Å². The highest BCUT2D eigenvalue weighted by molar-refractivity contribution is 7.18. The quantitative estimate of drug-likeness (QED) is 0.531. The highest BCUT2D eigenvalue weighted by Crippen LogP contribution is 2.33. The maximum absolute atomic E-state index is 12.5. The molecule has 0 radical (unpaired) electrons. The Morgan fingerprint density at radius 3 is 3.00 bits per heavy atom. The molecule has 0 saturated heterocycles. The highest BCUT2D eigenvalue weighted by atomic mass is 32.1. The Morgan fingerprint density at radius 1 is 1.22 bits per heavy atom. The van der Waals surface area contributed by atoms with Gasteiger partial charge in [-0.25, -0.2) is 9.78 Å². The van der Waals surface area contributed by atoms with Gasteiger partial charge in [0.1, 0.15) is 17.3 Å². The minimum Gasteiger partial charge on any atom is -0.454 e. The van der Waals surface area contributed by atoms with Crippen LogP contribution < -0.4 is 5.56 Å². The predicted molar refractivity (Wildman–Crippen MR) is 104 cm³/mol. The monoisotopic (exact) mass is 379 g/mol. The Hall–Kier alpha value is -2.93. The average molecular weight is 379 g/mol. The summed E-state index contributed by atoms with van der Waals surface area (Å²) in [6, 6.07) is 7.54. The number of fused-ring (bicyclic) bond motifs is 4. The normalized spacial score (nSPS) is 13.8. The number of carbonyl (C=O) groups is 1. The number of benzene rings is 1. The molecule has 7 heteroatoms. The predicted octanol–water partition coefficient (Wildman–Crippen LogP) is 3.70. The van der Waals surface area contributed by atoms with Gasteiger partial charge in [-0.2, -0.15) is 0 Å². The van der Waals surface area contributed by atoms with E-state index in [1.54, 1.807) is 17.5 Å². The first-order valence-electron chi connectivity index (χ1n) is 8.97. The first kappa shape index (κ1) is 16.3. The number of aromatic nitrogens is 3. The van der Waals surface area contributed by atoms with Gasteiger partial charge in [0.2, 0.25) is 0 Å². The van der Waals surface area contributed by atoms with E-state index >= 15 is 0 Å². The molecule has 0 unspecified atom stereocenters. The molecule has 0 aliphatic heterocycles. The van der Waals surface area contributed by atoms with Crippen LogP contribution in [0.3, 0.4) is 0 Å². The molecular weight excluding hydrogens is 362 g/mol. The van der Waals surface area contributed by atoms with Crippen molar-refractivity contribution < 1.29 is 9.53 Å². The van der Waals surface area contributed by atoms with Crippen molar-refractivity contribution in [3.8, 4) is 0 Å². The first-order valence-corrected chi connectivity index (χ1v) is 9.79. The summed E-state index contributed by atoms with van der Waals surface area (Å²) < 4.78 is 5.40. The third-order valence-corrected chi connectivity index (χ3v) is 6.21. The number of aromatic amines is 2. The van der Waals surface area contributed by atoms with Crippen LogP contribution in [0, 0.1) is 0 Å². The number of nitrogens with zero attached hydrogens (tertiary/aromatic N) is 1. The zero-order valence-corrected chi connectivity index (χ0v) is 15.3. The van der Waals surface area contributed by atoms with Crippen molar-refractivity contribution in [2.24, 2.45) is 0 Å². The van der Waals surface area contributed by atoms with Gasteiger partial charge >= 0.3 is 5.97 Å². The number of H-pyrrole nitrogens is 2. The van der Waals surface area contributed by atoms with Gasteiger partial charge in [-0.1, -0.05) is 18.2 Å². The SMILES string of the molecule is O=C(OCc1nc2sc3c(c2c(=O)[nH]1)CCCC3)c1c[nH]c2ccccc12. The largest absolute Gasteiger partial charge is 0.454 e. The minimum absolute atomic E-state index is 0.0634. The molecule has 2 N–H and O–H groups in total. The number of nitrogens with one attached hydrogen (secondary N) is 2. The average Bonchev–Trinajstić information content (AvgIpc) is 3.27. The van der Waals surface area contributed by atoms with E-state index in [0.717, 1.165) is 47.0 Å². The van der Waals surface area contributed by atoms with Gasteiger partial charge in [-0.05, 0) is 37.3 Å². The Bertz CT molecular complexity index is 1230. The molecule has 0 fully saturated rings. The number of hydrogen-bond acceptors (Lipinski definition) is 5. The fourth-order valence-electron chi connectivity index (χ4n) is 3.73. The van der Waals surface area contributed by atoms with E-state index < -0.39 is 5.97 Å². The summed E-state index contributed by atoms with van der Waals surface area (Å²) in [6.45, 7) is -0.0634. The molecule has 0 atom stereocenters. The van der Waals surface area contributed by atoms with Gasteiger partial charge in [0.05, 0.1) is 10.9 Å². The second-order valence-corrected chi connectivity index (χ2v) is 7.81.